The van der Waals surface area contributed by atoms with Crippen molar-refractivity contribution < 1.29 is 14.3 Å². The first-order valence-electron chi connectivity index (χ1n) is 9.57. The Morgan fingerprint density at radius 1 is 1.03 bits per heavy atom. The molecule has 0 saturated heterocycles. The Labute approximate surface area is 178 Å². The van der Waals surface area contributed by atoms with Crippen LogP contribution in [0.25, 0.3) is 22.3 Å². The van der Waals surface area contributed by atoms with E-state index in [2.05, 4.69) is 14.8 Å². The predicted octanol–water partition coefficient (Wildman–Crippen LogP) is 3.50. The van der Waals surface area contributed by atoms with Crippen LogP contribution in [0.2, 0.25) is 0 Å². The monoisotopic (exact) mass is 413 g/mol. The van der Waals surface area contributed by atoms with E-state index < -0.39 is 5.97 Å². The molecule has 0 bridgehead atoms. The Balaban J connectivity index is 1.74. The minimum Gasteiger partial charge on any atom is -0.482 e. The lowest BCUT2D eigenvalue weighted by Crippen LogP contribution is -2.20. The normalized spacial score (nSPS) is 11.0. The summed E-state index contributed by atoms with van der Waals surface area (Å²) in [5.41, 5.74) is 1.81. The molecule has 0 N–H and O–H groups in total. The van der Waals surface area contributed by atoms with Crippen molar-refractivity contribution in [3.63, 3.8) is 0 Å². The molecule has 0 saturated carbocycles. The van der Waals surface area contributed by atoms with Gasteiger partial charge in [-0.25, -0.2) is 9.78 Å². The SMILES string of the molecule is COC(=O)COc1cccc(C=Nn2c(-c3ccccc3)nc3ccccc3c2=O)c1. The van der Waals surface area contributed by atoms with Crippen molar-refractivity contribution in [2.24, 2.45) is 5.10 Å². The summed E-state index contributed by atoms with van der Waals surface area (Å²) in [5.74, 6) is 0.459. The molecular formula is C24H19N3O4. The van der Waals surface area contributed by atoms with Crippen molar-refractivity contribution in [2.75, 3.05) is 13.7 Å². The summed E-state index contributed by atoms with van der Waals surface area (Å²) in [4.78, 5) is 29.1. The average Bonchev–Trinajstić information content (AvgIpc) is 2.82. The molecule has 1 aromatic heterocycles. The molecular weight excluding hydrogens is 394 g/mol. The van der Waals surface area contributed by atoms with Gasteiger partial charge in [-0.3, -0.25) is 4.79 Å². The fourth-order valence-electron chi connectivity index (χ4n) is 3.02. The molecule has 0 fully saturated rings. The molecule has 0 aliphatic carbocycles. The molecule has 0 aliphatic heterocycles. The highest BCUT2D eigenvalue weighted by Gasteiger charge is 2.12. The topological polar surface area (TPSA) is 82.8 Å². The van der Waals surface area contributed by atoms with Gasteiger partial charge < -0.3 is 9.47 Å². The minimum absolute atomic E-state index is 0.191. The quantitative estimate of drug-likeness (QED) is 0.357. The summed E-state index contributed by atoms with van der Waals surface area (Å²) in [5, 5.41) is 4.91. The first kappa shape index (κ1) is 20.0. The Morgan fingerprint density at radius 3 is 2.61 bits per heavy atom. The van der Waals surface area contributed by atoms with E-state index in [0.717, 1.165) is 5.56 Å². The molecule has 31 heavy (non-hydrogen) atoms. The van der Waals surface area contributed by atoms with Gasteiger partial charge in [-0.05, 0) is 29.8 Å². The minimum atomic E-state index is -0.472. The highest BCUT2D eigenvalue weighted by Crippen LogP contribution is 2.19. The molecule has 154 valence electrons. The van der Waals surface area contributed by atoms with Gasteiger partial charge in [-0.15, -0.1) is 0 Å². The number of aromatic nitrogens is 2. The standard InChI is InChI=1S/C24H19N3O4/c1-30-22(28)16-31-19-11-7-8-17(14-19)15-25-27-23(18-9-3-2-4-10-18)26-21-13-6-5-12-20(21)24(27)29/h2-15H,16H2,1H3. The van der Waals surface area contributed by atoms with Crippen molar-refractivity contribution in [3.05, 3.63) is 94.8 Å². The first-order valence-corrected chi connectivity index (χ1v) is 9.57. The van der Waals surface area contributed by atoms with E-state index in [9.17, 15) is 9.59 Å². The van der Waals surface area contributed by atoms with Crippen molar-refractivity contribution in [1.82, 2.24) is 9.66 Å². The third-order valence-corrected chi connectivity index (χ3v) is 4.55. The van der Waals surface area contributed by atoms with Gasteiger partial charge in [0, 0.05) is 5.56 Å². The van der Waals surface area contributed by atoms with Crippen molar-refractivity contribution in [1.29, 1.82) is 0 Å². The first-order chi connectivity index (χ1) is 15.2. The van der Waals surface area contributed by atoms with Gasteiger partial charge in [0.05, 0.1) is 24.2 Å². The molecule has 4 aromatic rings. The van der Waals surface area contributed by atoms with E-state index in [0.29, 0.717) is 28.0 Å². The Bertz CT molecular complexity index is 1310. The van der Waals surface area contributed by atoms with Crippen LogP contribution in [0.15, 0.2) is 88.8 Å². The van der Waals surface area contributed by atoms with E-state index in [4.69, 9.17) is 4.74 Å². The van der Waals surface area contributed by atoms with Crippen LogP contribution >= 0.6 is 0 Å². The molecule has 7 nitrogen and oxygen atoms in total. The van der Waals surface area contributed by atoms with Crippen molar-refractivity contribution in [3.8, 4) is 17.1 Å². The molecule has 1 heterocycles. The zero-order chi connectivity index (χ0) is 21.6. The van der Waals surface area contributed by atoms with Gasteiger partial charge in [0.2, 0.25) is 0 Å². The molecule has 0 spiro atoms. The molecule has 3 aromatic carbocycles. The Morgan fingerprint density at radius 2 is 1.81 bits per heavy atom. The lowest BCUT2D eigenvalue weighted by molar-refractivity contribution is -0.142. The zero-order valence-corrected chi connectivity index (χ0v) is 16.8. The number of ether oxygens (including phenoxy) is 2. The van der Waals surface area contributed by atoms with E-state index >= 15 is 0 Å². The van der Waals surface area contributed by atoms with E-state index in [-0.39, 0.29) is 12.2 Å². The predicted molar refractivity (Wildman–Crippen MR) is 118 cm³/mol. The van der Waals surface area contributed by atoms with Crippen LogP contribution in [-0.4, -0.2) is 35.6 Å². The third-order valence-electron chi connectivity index (χ3n) is 4.55. The summed E-state index contributed by atoms with van der Waals surface area (Å²) in [7, 11) is 1.30. The van der Waals surface area contributed by atoms with Crippen LogP contribution in [0.5, 0.6) is 5.75 Å². The molecule has 0 amide bonds. The maximum atomic E-state index is 13.2. The second-order valence-corrected chi connectivity index (χ2v) is 6.62. The third kappa shape index (κ3) is 4.51. The molecule has 0 unspecified atom stereocenters. The number of methoxy groups -OCH3 is 1. The van der Waals surface area contributed by atoms with Crippen LogP contribution in [0.4, 0.5) is 0 Å². The van der Waals surface area contributed by atoms with E-state index in [1.807, 2.05) is 42.5 Å². The van der Waals surface area contributed by atoms with Crippen LogP contribution in [0.1, 0.15) is 5.56 Å². The lowest BCUT2D eigenvalue weighted by atomic mass is 10.2. The van der Waals surface area contributed by atoms with Gasteiger partial charge >= 0.3 is 5.97 Å². The van der Waals surface area contributed by atoms with E-state index in [1.165, 1.54) is 11.8 Å². The summed E-state index contributed by atoms with van der Waals surface area (Å²) < 4.78 is 11.3. The number of hydrogen-bond donors (Lipinski definition) is 0. The van der Waals surface area contributed by atoms with Gasteiger partial charge in [-0.2, -0.15) is 9.78 Å². The average molecular weight is 413 g/mol. The number of rotatable bonds is 6. The Hall–Kier alpha value is -4.26. The van der Waals surface area contributed by atoms with E-state index in [1.54, 1.807) is 42.6 Å². The summed E-state index contributed by atoms with van der Waals surface area (Å²) in [6, 6.07) is 23.6. The number of carbonyl (C=O) groups excluding carboxylic acids is 1. The lowest BCUT2D eigenvalue weighted by Gasteiger charge is -2.09. The Kier molecular flexibility index (Phi) is 5.84. The zero-order valence-electron chi connectivity index (χ0n) is 16.8. The fraction of sp³-hybridized carbons (Fsp3) is 0.0833. The van der Waals surface area contributed by atoms with Gasteiger partial charge in [-0.1, -0.05) is 54.6 Å². The number of carbonyl (C=O) groups is 1. The van der Waals surface area contributed by atoms with Crippen molar-refractivity contribution >= 4 is 23.1 Å². The van der Waals surface area contributed by atoms with Crippen LogP contribution < -0.4 is 10.3 Å². The van der Waals surface area contributed by atoms with Gasteiger partial charge in [0.1, 0.15) is 5.75 Å². The maximum Gasteiger partial charge on any atom is 0.343 e. The largest absolute Gasteiger partial charge is 0.482 e. The number of hydrogen-bond acceptors (Lipinski definition) is 6. The van der Waals surface area contributed by atoms with Crippen LogP contribution in [0, 0.1) is 0 Å². The summed E-state index contributed by atoms with van der Waals surface area (Å²) in [6.07, 6.45) is 1.55. The molecule has 0 radical (unpaired) electrons. The molecule has 0 atom stereocenters. The summed E-state index contributed by atoms with van der Waals surface area (Å²) in [6.45, 7) is -0.191. The smallest absolute Gasteiger partial charge is 0.343 e. The highest BCUT2D eigenvalue weighted by atomic mass is 16.6. The number of benzene rings is 3. The molecule has 0 aliphatic rings. The fourth-order valence-corrected chi connectivity index (χ4v) is 3.02. The van der Waals surface area contributed by atoms with Crippen LogP contribution in [0.3, 0.4) is 0 Å². The van der Waals surface area contributed by atoms with Gasteiger partial charge in [0.25, 0.3) is 5.56 Å². The maximum absolute atomic E-state index is 13.2. The van der Waals surface area contributed by atoms with Crippen molar-refractivity contribution in [2.45, 2.75) is 0 Å². The second-order valence-electron chi connectivity index (χ2n) is 6.62. The number of fused-ring (bicyclic) bond motifs is 1. The summed E-state index contributed by atoms with van der Waals surface area (Å²) >= 11 is 0. The molecule has 7 heteroatoms. The van der Waals surface area contributed by atoms with Crippen LogP contribution in [-0.2, 0) is 9.53 Å². The second kappa shape index (κ2) is 9.04. The van der Waals surface area contributed by atoms with Gasteiger partial charge in [0.15, 0.2) is 12.4 Å². The number of nitrogens with zero attached hydrogens (tertiary/aromatic N) is 3. The number of para-hydroxylation sites is 1. The number of esters is 1. The highest BCUT2D eigenvalue weighted by molar-refractivity contribution is 5.82. The molecule has 4 rings (SSSR count).